The SMILES string of the molecule is Cc1c(C(=O)Nc2onc3c2CC(C)CC3)oc2cc(Br)ccc12. The fraction of sp³-hybridized carbons (Fsp3) is 0.333. The van der Waals surface area contributed by atoms with Crippen LogP contribution in [0.1, 0.15) is 40.7 Å². The fourth-order valence-electron chi connectivity index (χ4n) is 3.26. The lowest BCUT2D eigenvalue weighted by Crippen LogP contribution is -2.16. The zero-order valence-corrected chi connectivity index (χ0v) is 15.1. The maximum Gasteiger partial charge on any atom is 0.294 e. The van der Waals surface area contributed by atoms with Crippen LogP contribution in [-0.4, -0.2) is 11.1 Å². The predicted molar refractivity (Wildman–Crippen MR) is 94.3 cm³/mol. The molecule has 1 aliphatic rings. The molecule has 6 heteroatoms. The van der Waals surface area contributed by atoms with Crippen molar-refractivity contribution >= 4 is 38.7 Å². The summed E-state index contributed by atoms with van der Waals surface area (Å²) >= 11 is 3.41. The molecule has 1 aromatic carbocycles. The van der Waals surface area contributed by atoms with Crippen molar-refractivity contribution in [1.82, 2.24) is 5.16 Å². The molecule has 0 radical (unpaired) electrons. The van der Waals surface area contributed by atoms with Crippen LogP contribution in [0.5, 0.6) is 0 Å². The number of benzene rings is 1. The molecule has 124 valence electrons. The Morgan fingerprint density at radius 2 is 2.25 bits per heavy atom. The second-order valence-corrected chi connectivity index (χ2v) is 7.35. The van der Waals surface area contributed by atoms with Crippen molar-refractivity contribution in [2.24, 2.45) is 5.92 Å². The Bertz CT molecular complexity index is 941. The topological polar surface area (TPSA) is 68.3 Å². The van der Waals surface area contributed by atoms with Gasteiger partial charge in [-0.15, -0.1) is 0 Å². The molecule has 0 saturated carbocycles. The third-order valence-electron chi connectivity index (χ3n) is 4.63. The number of hydrogen-bond donors (Lipinski definition) is 1. The number of rotatable bonds is 2. The number of anilines is 1. The molecular formula is C18H17BrN2O3. The van der Waals surface area contributed by atoms with Crippen LogP contribution in [0.2, 0.25) is 0 Å². The summed E-state index contributed by atoms with van der Waals surface area (Å²) in [6.45, 7) is 4.08. The van der Waals surface area contributed by atoms with Crippen LogP contribution in [0.3, 0.4) is 0 Å². The summed E-state index contributed by atoms with van der Waals surface area (Å²) in [5.74, 6) is 1.01. The van der Waals surface area contributed by atoms with Crippen molar-refractivity contribution < 1.29 is 13.7 Å². The van der Waals surface area contributed by atoms with Gasteiger partial charge in [0.25, 0.3) is 5.91 Å². The van der Waals surface area contributed by atoms with Crippen LogP contribution < -0.4 is 5.32 Å². The third-order valence-corrected chi connectivity index (χ3v) is 5.12. The molecule has 4 rings (SSSR count). The van der Waals surface area contributed by atoms with Gasteiger partial charge in [0, 0.05) is 21.0 Å². The molecule has 24 heavy (non-hydrogen) atoms. The van der Waals surface area contributed by atoms with Gasteiger partial charge in [0.05, 0.1) is 5.69 Å². The van der Waals surface area contributed by atoms with Gasteiger partial charge >= 0.3 is 0 Å². The van der Waals surface area contributed by atoms with Gasteiger partial charge in [-0.3, -0.25) is 10.1 Å². The lowest BCUT2D eigenvalue weighted by molar-refractivity contribution is 0.0994. The van der Waals surface area contributed by atoms with Crippen molar-refractivity contribution in [2.45, 2.75) is 33.1 Å². The van der Waals surface area contributed by atoms with E-state index in [1.54, 1.807) is 0 Å². The van der Waals surface area contributed by atoms with E-state index in [1.165, 1.54) is 0 Å². The van der Waals surface area contributed by atoms with E-state index in [4.69, 9.17) is 8.94 Å². The molecule has 1 aliphatic carbocycles. The highest BCUT2D eigenvalue weighted by Crippen LogP contribution is 2.32. The van der Waals surface area contributed by atoms with E-state index in [2.05, 4.69) is 33.3 Å². The van der Waals surface area contributed by atoms with Crippen molar-refractivity contribution in [3.63, 3.8) is 0 Å². The van der Waals surface area contributed by atoms with E-state index < -0.39 is 0 Å². The number of amides is 1. The Morgan fingerprint density at radius 3 is 3.08 bits per heavy atom. The van der Waals surface area contributed by atoms with E-state index in [-0.39, 0.29) is 5.91 Å². The van der Waals surface area contributed by atoms with Gasteiger partial charge < -0.3 is 8.94 Å². The first kappa shape index (κ1) is 15.4. The van der Waals surface area contributed by atoms with E-state index in [1.807, 2.05) is 25.1 Å². The Kier molecular flexibility index (Phi) is 3.72. The lowest BCUT2D eigenvalue weighted by atomic mass is 9.89. The van der Waals surface area contributed by atoms with E-state index >= 15 is 0 Å². The van der Waals surface area contributed by atoms with E-state index in [0.29, 0.717) is 23.1 Å². The molecule has 3 aromatic rings. The number of nitrogens with zero attached hydrogens (tertiary/aromatic N) is 1. The highest BCUT2D eigenvalue weighted by molar-refractivity contribution is 9.10. The molecule has 1 N–H and O–H groups in total. The quantitative estimate of drug-likeness (QED) is 0.679. The smallest absolute Gasteiger partial charge is 0.294 e. The highest BCUT2D eigenvalue weighted by atomic mass is 79.9. The van der Waals surface area contributed by atoms with Gasteiger partial charge in [0.2, 0.25) is 5.88 Å². The molecule has 5 nitrogen and oxygen atoms in total. The minimum absolute atomic E-state index is 0.303. The van der Waals surface area contributed by atoms with E-state index in [9.17, 15) is 4.79 Å². The summed E-state index contributed by atoms with van der Waals surface area (Å²) in [5.41, 5.74) is 3.46. The van der Waals surface area contributed by atoms with Crippen LogP contribution >= 0.6 is 15.9 Å². The van der Waals surface area contributed by atoms with Crippen LogP contribution in [0, 0.1) is 12.8 Å². The maximum atomic E-state index is 12.7. The fourth-order valence-corrected chi connectivity index (χ4v) is 3.60. The Morgan fingerprint density at radius 1 is 1.42 bits per heavy atom. The summed E-state index contributed by atoms with van der Waals surface area (Å²) in [6, 6.07) is 5.73. The monoisotopic (exact) mass is 388 g/mol. The van der Waals surface area contributed by atoms with Gasteiger partial charge in [0.15, 0.2) is 5.76 Å². The predicted octanol–water partition coefficient (Wildman–Crippen LogP) is 4.87. The lowest BCUT2D eigenvalue weighted by Gasteiger charge is -2.16. The van der Waals surface area contributed by atoms with Crippen molar-refractivity contribution in [3.8, 4) is 0 Å². The number of hydrogen-bond acceptors (Lipinski definition) is 4. The molecular weight excluding hydrogens is 372 g/mol. The molecule has 0 aliphatic heterocycles. The Labute approximate surface area is 147 Å². The number of furan rings is 1. The van der Waals surface area contributed by atoms with Crippen molar-refractivity contribution in [1.29, 1.82) is 0 Å². The third kappa shape index (κ3) is 2.55. The number of aryl methyl sites for hydroxylation is 2. The minimum Gasteiger partial charge on any atom is -0.451 e. The average Bonchev–Trinajstić information content (AvgIpc) is 3.08. The first-order chi connectivity index (χ1) is 11.5. The number of carbonyl (C=O) groups is 1. The molecule has 0 fully saturated rings. The summed E-state index contributed by atoms with van der Waals surface area (Å²) in [7, 11) is 0. The Hall–Kier alpha value is -2.08. The molecule has 1 unspecified atom stereocenters. The molecule has 1 amide bonds. The van der Waals surface area contributed by atoms with Gasteiger partial charge in [0.1, 0.15) is 5.58 Å². The number of carbonyl (C=O) groups excluding carboxylic acids is 1. The summed E-state index contributed by atoms with van der Waals surface area (Å²) in [6.07, 6.45) is 2.87. The van der Waals surface area contributed by atoms with Crippen LogP contribution in [-0.2, 0) is 12.8 Å². The highest BCUT2D eigenvalue weighted by Gasteiger charge is 2.26. The van der Waals surface area contributed by atoms with Crippen LogP contribution in [0.4, 0.5) is 5.88 Å². The second-order valence-electron chi connectivity index (χ2n) is 6.44. The molecule has 1 atom stereocenters. The summed E-state index contributed by atoms with van der Waals surface area (Å²) in [4.78, 5) is 12.7. The molecule has 0 saturated heterocycles. The maximum absolute atomic E-state index is 12.7. The second kappa shape index (κ2) is 5.77. The molecule has 2 heterocycles. The number of halogens is 1. The number of fused-ring (bicyclic) bond motifs is 2. The van der Waals surface area contributed by atoms with Crippen molar-refractivity contribution in [3.05, 3.63) is 45.3 Å². The first-order valence-electron chi connectivity index (χ1n) is 8.00. The normalized spacial score (nSPS) is 17.0. The number of aromatic nitrogens is 1. The van der Waals surface area contributed by atoms with Gasteiger partial charge in [-0.25, -0.2) is 0 Å². The largest absolute Gasteiger partial charge is 0.451 e. The van der Waals surface area contributed by atoms with Gasteiger partial charge in [-0.05, 0) is 50.3 Å². The average molecular weight is 389 g/mol. The number of nitrogens with one attached hydrogen (secondary N) is 1. The van der Waals surface area contributed by atoms with Gasteiger partial charge in [-0.1, -0.05) is 28.0 Å². The molecule has 2 aromatic heterocycles. The summed E-state index contributed by atoms with van der Waals surface area (Å²) < 4.78 is 12.0. The van der Waals surface area contributed by atoms with Crippen LogP contribution in [0.25, 0.3) is 11.0 Å². The minimum atomic E-state index is -0.308. The zero-order valence-electron chi connectivity index (χ0n) is 13.5. The first-order valence-corrected chi connectivity index (χ1v) is 8.79. The van der Waals surface area contributed by atoms with E-state index in [0.717, 1.165) is 45.9 Å². The van der Waals surface area contributed by atoms with Crippen molar-refractivity contribution in [2.75, 3.05) is 5.32 Å². The standard InChI is InChI=1S/C18H17BrN2O3/c1-9-3-6-14-13(7-9)18(24-21-14)20-17(22)16-10(2)12-5-4-11(19)8-15(12)23-16/h4-5,8-9H,3,6-7H2,1-2H3,(H,20,22). The molecule has 0 bridgehead atoms. The summed E-state index contributed by atoms with van der Waals surface area (Å²) in [5, 5.41) is 7.85. The zero-order chi connectivity index (χ0) is 16.8. The molecule has 0 spiro atoms. The Balaban J connectivity index is 1.66. The van der Waals surface area contributed by atoms with Crippen LogP contribution in [0.15, 0.2) is 31.6 Å². The van der Waals surface area contributed by atoms with Gasteiger partial charge in [-0.2, -0.15) is 0 Å².